The lowest BCUT2D eigenvalue weighted by Gasteiger charge is -2.33. The van der Waals surface area contributed by atoms with Crippen LogP contribution in [0.25, 0.3) is 11.0 Å². The molecule has 1 aromatic carbocycles. The second-order valence-electron chi connectivity index (χ2n) is 6.61. The number of aromatic nitrogens is 2. The first-order valence-electron chi connectivity index (χ1n) is 8.19. The molecule has 1 aromatic heterocycles. The van der Waals surface area contributed by atoms with Gasteiger partial charge in [-0.1, -0.05) is 11.2 Å². The Morgan fingerprint density at radius 3 is 2.87 bits per heavy atom. The first-order chi connectivity index (χ1) is 11.2. The predicted molar refractivity (Wildman–Crippen MR) is 94.6 cm³/mol. The molecule has 2 aromatic rings. The third-order valence-corrected chi connectivity index (χ3v) is 5.48. The lowest BCUT2D eigenvalue weighted by atomic mass is 9.90. The monoisotopic (exact) mass is 376 g/mol. The maximum absolute atomic E-state index is 5.52. The van der Waals surface area contributed by atoms with E-state index in [2.05, 4.69) is 53.7 Å². The van der Waals surface area contributed by atoms with Gasteiger partial charge in [0.15, 0.2) is 0 Å². The number of hydrogen-bond acceptors (Lipinski definition) is 4. The molecule has 1 unspecified atom stereocenters. The van der Waals surface area contributed by atoms with Crippen molar-refractivity contribution >= 4 is 31.6 Å². The van der Waals surface area contributed by atoms with Crippen LogP contribution in [0.4, 0.5) is 0 Å². The number of hydrogen-bond donors (Lipinski definition) is 0. The van der Waals surface area contributed by atoms with E-state index in [1.165, 1.54) is 23.9 Å². The zero-order valence-corrected chi connectivity index (χ0v) is 14.9. The molecule has 5 nitrogen and oxygen atoms in total. The maximum Gasteiger partial charge on any atom is 0.136 e. The summed E-state index contributed by atoms with van der Waals surface area (Å²) in [6.07, 6.45) is 5.46. The van der Waals surface area contributed by atoms with Gasteiger partial charge in [-0.2, -0.15) is 0 Å². The second-order valence-corrected chi connectivity index (χ2v) is 7.52. The van der Waals surface area contributed by atoms with Crippen molar-refractivity contribution in [3.05, 3.63) is 30.1 Å². The summed E-state index contributed by atoms with van der Waals surface area (Å²) in [6.45, 7) is 3.26. The highest BCUT2D eigenvalue weighted by Gasteiger charge is 2.31. The fourth-order valence-electron chi connectivity index (χ4n) is 3.64. The zero-order valence-electron chi connectivity index (χ0n) is 13.3. The van der Waals surface area contributed by atoms with Crippen LogP contribution in [0, 0.1) is 5.92 Å². The number of aryl methyl sites for hydroxylation is 1. The topological polar surface area (TPSA) is 42.7 Å². The average molecular weight is 377 g/mol. The van der Waals surface area contributed by atoms with Crippen molar-refractivity contribution in [2.24, 2.45) is 18.1 Å². The number of oxime groups is 1. The van der Waals surface area contributed by atoms with Gasteiger partial charge in [0.1, 0.15) is 10.7 Å². The Bertz CT molecular complexity index is 733. The molecule has 0 N–H and O–H groups in total. The van der Waals surface area contributed by atoms with Crippen molar-refractivity contribution in [1.82, 2.24) is 14.5 Å². The summed E-state index contributed by atoms with van der Waals surface area (Å²) in [5.74, 6) is 0.628. The van der Waals surface area contributed by atoms with Gasteiger partial charge in [0.2, 0.25) is 0 Å². The minimum Gasteiger partial charge on any atom is -0.391 e. The standard InChI is InChI=1S/C17H21BrN4O/c1-21-11-19-14-8-12(2-3-15(14)21)10-22-6-4-13(5-7-22)16-9-17(18)20-23-16/h2-3,8,11,13,16H,4-7,9-10H2,1H3. The van der Waals surface area contributed by atoms with Gasteiger partial charge in [-0.25, -0.2) is 4.98 Å². The molecule has 0 saturated carbocycles. The van der Waals surface area contributed by atoms with Crippen LogP contribution in [0.15, 0.2) is 29.7 Å². The Hall–Kier alpha value is -1.40. The van der Waals surface area contributed by atoms with Gasteiger partial charge in [-0.3, -0.25) is 4.90 Å². The molecule has 1 atom stereocenters. The van der Waals surface area contributed by atoms with Crippen LogP contribution in [0.3, 0.4) is 0 Å². The third kappa shape index (κ3) is 3.15. The number of benzene rings is 1. The molecular formula is C17H21BrN4O. The van der Waals surface area contributed by atoms with Crippen molar-refractivity contribution < 1.29 is 4.84 Å². The number of likely N-dealkylation sites (tertiary alicyclic amines) is 1. The quantitative estimate of drug-likeness (QED) is 0.825. The molecule has 4 rings (SSSR count). The summed E-state index contributed by atoms with van der Waals surface area (Å²) in [4.78, 5) is 12.5. The normalized spacial score (nSPS) is 23.2. The molecule has 0 amide bonds. The number of fused-ring (bicyclic) bond motifs is 1. The van der Waals surface area contributed by atoms with Crippen LogP contribution in [-0.4, -0.2) is 38.3 Å². The predicted octanol–water partition coefficient (Wildman–Crippen LogP) is 3.28. The summed E-state index contributed by atoms with van der Waals surface area (Å²) in [5, 5.41) is 4.02. The molecule has 122 valence electrons. The van der Waals surface area contributed by atoms with Gasteiger partial charge in [0.05, 0.1) is 17.4 Å². The smallest absolute Gasteiger partial charge is 0.136 e. The van der Waals surface area contributed by atoms with Crippen molar-refractivity contribution in [1.29, 1.82) is 0 Å². The minimum atomic E-state index is 0.274. The van der Waals surface area contributed by atoms with E-state index in [1.807, 2.05) is 13.4 Å². The van der Waals surface area contributed by atoms with Crippen molar-refractivity contribution in [2.75, 3.05) is 13.1 Å². The maximum atomic E-state index is 5.52. The molecule has 0 aliphatic carbocycles. The molecule has 1 saturated heterocycles. The Kier molecular flexibility index (Phi) is 4.11. The van der Waals surface area contributed by atoms with Crippen LogP contribution in [0.1, 0.15) is 24.8 Å². The fraction of sp³-hybridized carbons (Fsp3) is 0.529. The number of halogens is 1. The van der Waals surface area contributed by atoms with Crippen LogP contribution in [0.2, 0.25) is 0 Å². The van der Waals surface area contributed by atoms with Gasteiger partial charge in [0, 0.05) is 25.9 Å². The van der Waals surface area contributed by atoms with E-state index < -0.39 is 0 Å². The number of rotatable bonds is 3. The third-order valence-electron chi connectivity index (χ3n) is 5.01. The van der Waals surface area contributed by atoms with E-state index in [0.717, 1.165) is 36.2 Å². The number of imidazole rings is 1. The molecule has 0 radical (unpaired) electrons. The number of piperidine rings is 1. The first kappa shape index (κ1) is 15.1. The van der Waals surface area contributed by atoms with E-state index in [1.54, 1.807) is 0 Å². The average Bonchev–Trinajstić information content (AvgIpc) is 3.15. The van der Waals surface area contributed by atoms with Crippen molar-refractivity contribution in [2.45, 2.75) is 31.9 Å². The van der Waals surface area contributed by atoms with Crippen LogP contribution >= 0.6 is 15.9 Å². The van der Waals surface area contributed by atoms with Crippen molar-refractivity contribution in [3.63, 3.8) is 0 Å². The minimum absolute atomic E-state index is 0.274. The summed E-state index contributed by atoms with van der Waals surface area (Å²) >= 11 is 3.43. The van der Waals surface area contributed by atoms with E-state index >= 15 is 0 Å². The number of nitrogens with zero attached hydrogens (tertiary/aromatic N) is 4. The second kappa shape index (κ2) is 6.24. The van der Waals surface area contributed by atoms with Gasteiger partial charge < -0.3 is 9.40 Å². The van der Waals surface area contributed by atoms with Gasteiger partial charge in [-0.05, 0) is 59.6 Å². The Labute approximate surface area is 144 Å². The van der Waals surface area contributed by atoms with Gasteiger partial charge >= 0.3 is 0 Å². The fourth-order valence-corrected chi connectivity index (χ4v) is 4.04. The molecule has 0 spiro atoms. The molecule has 1 fully saturated rings. The SMILES string of the molecule is Cn1cnc2cc(CN3CCC(C4CC(Br)=NO4)CC3)ccc21. The molecule has 2 aliphatic rings. The summed E-state index contributed by atoms with van der Waals surface area (Å²) < 4.78 is 3.01. The van der Waals surface area contributed by atoms with E-state index in [-0.39, 0.29) is 6.10 Å². The molecular weight excluding hydrogens is 356 g/mol. The lowest BCUT2D eigenvalue weighted by Crippen LogP contribution is -2.37. The highest BCUT2D eigenvalue weighted by Crippen LogP contribution is 2.29. The summed E-state index contributed by atoms with van der Waals surface area (Å²) in [5.41, 5.74) is 3.62. The molecule has 2 aliphatic heterocycles. The van der Waals surface area contributed by atoms with Crippen LogP contribution in [0.5, 0.6) is 0 Å². The van der Waals surface area contributed by atoms with Gasteiger partial charge in [0.25, 0.3) is 0 Å². The Morgan fingerprint density at radius 1 is 1.30 bits per heavy atom. The molecule has 0 bridgehead atoms. The molecule has 23 heavy (non-hydrogen) atoms. The van der Waals surface area contributed by atoms with Crippen molar-refractivity contribution in [3.8, 4) is 0 Å². The van der Waals surface area contributed by atoms with Gasteiger partial charge in [-0.15, -0.1) is 0 Å². The summed E-state index contributed by atoms with van der Waals surface area (Å²) in [6, 6.07) is 6.61. The van der Waals surface area contributed by atoms with E-state index in [0.29, 0.717) is 5.92 Å². The van der Waals surface area contributed by atoms with E-state index in [9.17, 15) is 0 Å². The Balaban J connectivity index is 1.35. The molecule has 3 heterocycles. The lowest BCUT2D eigenvalue weighted by molar-refractivity contribution is 0.0127. The summed E-state index contributed by atoms with van der Waals surface area (Å²) in [7, 11) is 2.03. The van der Waals surface area contributed by atoms with Crippen LogP contribution < -0.4 is 0 Å². The van der Waals surface area contributed by atoms with Crippen LogP contribution in [-0.2, 0) is 18.4 Å². The highest BCUT2D eigenvalue weighted by atomic mass is 79.9. The Morgan fingerprint density at radius 2 is 2.13 bits per heavy atom. The first-order valence-corrected chi connectivity index (χ1v) is 8.99. The van der Waals surface area contributed by atoms with E-state index in [4.69, 9.17) is 4.84 Å². The highest BCUT2D eigenvalue weighted by molar-refractivity contribution is 9.18. The molecule has 6 heteroatoms. The largest absolute Gasteiger partial charge is 0.391 e. The zero-order chi connectivity index (χ0) is 15.8.